The highest BCUT2D eigenvalue weighted by molar-refractivity contribution is 7.99. The Morgan fingerprint density at radius 1 is 1.22 bits per heavy atom. The zero-order valence-electron chi connectivity index (χ0n) is 14.9. The lowest BCUT2D eigenvalue weighted by molar-refractivity contribution is -0.119. The second-order valence-corrected chi connectivity index (χ2v) is 7.24. The maximum atomic E-state index is 12.7. The molecule has 1 aliphatic rings. The van der Waals surface area contributed by atoms with E-state index in [1.807, 2.05) is 18.2 Å². The highest BCUT2D eigenvalue weighted by atomic mass is 32.2. The standard InChI is InChI=1S/C20H22N2O4S/c21-19(23)12-26-15-6-3-5-14(11-15)22-20(24)17-8-1-2-9-18(17)27-13-16-7-4-10-25-16/h1-3,5-6,8-9,11,16H,4,7,10,12-13H2,(H2,21,23)(H,22,24)/t16-/m1/s1. The van der Waals surface area contributed by atoms with E-state index in [1.165, 1.54) is 0 Å². The van der Waals surface area contributed by atoms with E-state index in [2.05, 4.69) is 5.32 Å². The first-order valence-electron chi connectivity index (χ1n) is 8.78. The van der Waals surface area contributed by atoms with Crippen molar-refractivity contribution in [1.29, 1.82) is 0 Å². The second-order valence-electron chi connectivity index (χ2n) is 6.18. The number of ether oxygens (including phenoxy) is 2. The van der Waals surface area contributed by atoms with Crippen molar-refractivity contribution in [1.82, 2.24) is 0 Å². The van der Waals surface area contributed by atoms with Gasteiger partial charge in [-0.25, -0.2) is 0 Å². The van der Waals surface area contributed by atoms with Crippen molar-refractivity contribution >= 4 is 29.3 Å². The fraction of sp³-hybridized carbons (Fsp3) is 0.300. The van der Waals surface area contributed by atoms with Gasteiger partial charge in [0.25, 0.3) is 11.8 Å². The molecule has 3 rings (SSSR count). The molecule has 0 saturated carbocycles. The number of carbonyl (C=O) groups is 2. The molecule has 0 spiro atoms. The van der Waals surface area contributed by atoms with Crippen LogP contribution in [0, 0.1) is 0 Å². The van der Waals surface area contributed by atoms with Gasteiger partial charge in [0.05, 0.1) is 11.7 Å². The number of rotatable bonds is 8. The summed E-state index contributed by atoms with van der Waals surface area (Å²) in [5.74, 6) is 0.549. The Balaban J connectivity index is 1.65. The maximum Gasteiger partial charge on any atom is 0.256 e. The third-order valence-electron chi connectivity index (χ3n) is 4.05. The number of primary amides is 1. The van der Waals surface area contributed by atoms with Gasteiger partial charge in [-0.2, -0.15) is 0 Å². The highest BCUT2D eigenvalue weighted by Crippen LogP contribution is 2.27. The van der Waals surface area contributed by atoms with Crippen LogP contribution in [0.5, 0.6) is 5.75 Å². The molecular weight excluding hydrogens is 364 g/mol. The Bertz CT molecular complexity index is 806. The third kappa shape index (κ3) is 5.74. The molecular formula is C20H22N2O4S. The summed E-state index contributed by atoms with van der Waals surface area (Å²) in [5.41, 5.74) is 6.28. The molecule has 1 saturated heterocycles. The monoisotopic (exact) mass is 386 g/mol. The van der Waals surface area contributed by atoms with Crippen molar-refractivity contribution in [3.8, 4) is 5.75 Å². The van der Waals surface area contributed by atoms with Gasteiger partial charge < -0.3 is 20.5 Å². The largest absolute Gasteiger partial charge is 0.484 e. The first kappa shape index (κ1) is 19.3. The number of amides is 2. The zero-order valence-corrected chi connectivity index (χ0v) is 15.7. The summed E-state index contributed by atoms with van der Waals surface area (Å²) in [5, 5.41) is 2.87. The molecule has 7 heteroatoms. The number of benzene rings is 2. The van der Waals surface area contributed by atoms with Gasteiger partial charge in [-0.15, -0.1) is 11.8 Å². The number of anilines is 1. The second kappa shape index (κ2) is 9.43. The minimum Gasteiger partial charge on any atom is -0.484 e. The van der Waals surface area contributed by atoms with Crippen molar-refractivity contribution in [2.24, 2.45) is 5.73 Å². The number of nitrogens with two attached hydrogens (primary N) is 1. The molecule has 3 N–H and O–H groups in total. The topological polar surface area (TPSA) is 90.7 Å². The van der Waals surface area contributed by atoms with E-state index in [0.29, 0.717) is 17.0 Å². The summed E-state index contributed by atoms with van der Waals surface area (Å²) in [6.45, 7) is 0.613. The molecule has 1 fully saturated rings. The van der Waals surface area contributed by atoms with Gasteiger partial charge in [-0.1, -0.05) is 18.2 Å². The number of hydrogen-bond donors (Lipinski definition) is 2. The average Bonchev–Trinajstić information content (AvgIpc) is 3.19. The normalized spacial score (nSPS) is 16.1. The molecule has 1 heterocycles. The van der Waals surface area contributed by atoms with E-state index in [1.54, 1.807) is 42.1 Å². The lowest BCUT2D eigenvalue weighted by atomic mass is 10.2. The molecule has 27 heavy (non-hydrogen) atoms. The first-order valence-corrected chi connectivity index (χ1v) is 9.76. The third-order valence-corrected chi connectivity index (χ3v) is 5.26. The molecule has 1 atom stereocenters. The van der Waals surface area contributed by atoms with Gasteiger partial charge >= 0.3 is 0 Å². The smallest absolute Gasteiger partial charge is 0.256 e. The number of nitrogens with one attached hydrogen (secondary N) is 1. The van der Waals surface area contributed by atoms with Gasteiger partial charge in [-0.3, -0.25) is 9.59 Å². The van der Waals surface area contributed by atoms with Gasteiger partial charge in [0.15, 0.2) is 6.61 Å². The Labute approximate surface area is 162 Å². The van der Waals surface area contributed by atoms with Crippen LogP contribution in [-0.4, -0.2) is 36.9 Å². The fourth-order valence-corrected chi connectivity index (χ4v) is 3.87. The van der Waals surface area contributed by atoms with E-state index < -0.39 is 5.91 Å². The lowest BCUT2D eigenvalue weighted by Crippen LogP contribution is -2.20. The van der Waals surface area contributed by atoms with E-state index in [4.69, 9.17) is 15.2 Å². The van der Waals surface area contributed by atoms with Gasteiger partial charge in [0, 0.05) is 29.0 Å². The molecule has 2 aromatic carbocycles. The first-order chi connectivity index (χ1) is 13.1. The van der Waals surface area contributed by atoms with Crippen molar-refractivity contribution < 1.29 is 19.1 Å². The van der Waals surface area contributed by atoms with Crippen LogP contribution in [0.1, 0.15) is 23.2 Å². The summed E-state index contributed by atoms with van der Waals surface area (Å²) >= 11 is 1.64. The highest BCUT2D eigenvalue weighted by Gasteiger charge is 2.18. The maximum absolute atomic E-state index is 12.7. The number of thioether (sulfide) groups is 1. The Kier molecular flexibility index (Phi) is 6.73. The van der Waals surface area contributed by atoms with Crippen molar-refractivity contribution in [3.63, 3.8) is 0 Å². The molecule has 0 radical (unpaired) electrons. The van der Waals surface area contributed by atoms with Crippen LogP contribution < -0.4 is 15.8 Å². The van der Waals surface area contributed by atoms with Crippen LogP contribution in [0.4, 0.5) is 5.69 Å². The molecule has 0 aromatic heterocycles. The summed E-state index contributed by atoms with van der Waals surface area (Å²) in [7, 11) is 0. The molecule has 142 valence electrons. The van der Waals surface area contributed by atoms with Crippen molar-refractivity contribution in [2.75, 3.05) is 24.3 Å². The van der Waals surface area contributed by atoms with Crippen molar-refractivity contribution in [2.45, 2.75) is 23.8 Å². The zero-order chi connectivity index (χ0) is 19.1. The molecule has 6 nitrogen and oxygen atoms in total. The predicted octanol–water partition coefficient (Wildman–Crippen LogP) is 3.07. The van der Waals surface area contributed by atoms with E-state index in [0.717, 1.165) is 30.1 Å². The lowest BCUT2D eigenvalue weighted by Gasteiger charge is -2.13. The summed E-state index contributed by atoms with van der Waals surface area (Å²) in [6.07, 6.45) is 2.42. The van der Waals surface area contributed by atoms with Crippen molar-refractivity contribution in [3.05, 3.63) is 54.1 Å². The quantitative estimate of drug-likeness (QED) is 0.681. The molecule has 0 unspecified atom stereocenters. The molecule has 2 amide bonds. The molecule has 1 aliphatic heterocycles. The van der Waals surface area contributed by atoms with E-state index in [-0.39, 0.29) is 18.6 Å². The van der Waals surface area contributed by atoms with Crippen LogP contribution in [0.2, 0.25) is 0 Å². The van der Waals surface area contributed by atoms with Crippen LogP contribution in [0.25, 0.3) is 0 Å². The Morgan fingerprint density at radius 3 is 2.85 bits per heavy atom. The fourth-order valence-electron chi connectivity index (χ4n) is 2.76. The minimum atomic E-state index is -0.554. The van der Waals surface area contributed by atoms with Crippen LogP contribution in [0.15, 0.2) is 53.4 Å². The van der Waals surface area contributed by atoms with Gasteiger partial charge in [-0.05, 0) is 37.1 Å². The Morgan fingerprint density at radius 2 is 2.07 bits per heavy atom. The van der Waals surface area contributed by atoms with E-state index in [9.17, 15) is 9.59 Å². The summed E-state index contributed by atoms with van der Waals surface area (Å²) in [6, 6.07) is 14.4. The SMILES string of the molecule is NC(=O)COc1cccc(NC(=O)c2ccccc2SC[C@H]2CCCO2)c1. The molecule has 0 aliphatic carbocycles. The predicted molar refractivity (Wildman–Crippen MR) is 105 cm³/mol. The van der Waals surface area contributed by atoms with E-state index >= 15 is 0 Å². The van der Waals surface area contributed by atoms with Crippen LogP contribution in [0.3, 0.4) is 0 Å². The molecule has 0 bridgehead atoms. The van der Waals surface area contributed by atoms with Gasteiger partial charge in [0.2, 0.25) is 0 Å². The number of hydrogen-bond acceptors (Lipinski definition) is 5. The number of carbonyl (C=O) groups excluding carboxylic acids is 2. The van der Waals surface area contributed by atoms with Crippen LogP contribution >= 0.6 is 11.8 Å². The summed E-state index contributed by atoms with van der Waals surface area (Å²) in [4.78, 5) is 24.5. The van der Waals surface area contributed by atoms with Crippen LogP contribution in [-0.2, 0) is 9.53 Å². The van der Waals surface area contributed by atoms with Gasteiger partial charge in [0.1, 0.15) is 5.75 Å². The molecule has 2 aromatic rings. The summed E-state index contributed by atoms with van der Waals surface area (Å²) < 4.78 is 10.9. The average molecular weight is 386 g/mol. The minimum absolute atomic E-state index is 0.197. The Hall–Kier alpha value is -2.51.